The third kappa shape index (κ3) is 4.82. The number of nitrogens with zero attached hydrogens (tertiary/aromatic N) is 3. The zero-order valence-electron chi connectivity index (χ0n) is 18.7. The summed E-state index contributed by atoms with van der Waals surface area (Å²) >= 11 is 0. The first-order valence-electron chi connectivity index (χ1n) is 10.8. The third-order valence-electron chi connectivity index (χ3n) is 5.73. The van der Waals surface area contributed by atoms with Crippen molar-refractivity contribution in [2.45, 2.75) is 19.8 Å². The Morgan fingerprint density at radius 3 is 2.59 bits per heavy atom. The summed E-state index contributed by atoms with van der Waals surface area (Å²) in [5.74, 6) is 1.87. The highest BCUT2D eigenvalue weighted by molar-refractivity contribution is 5.93. The van der Waals surface area contributed by atoms with Crippen LogP contribution in [0, 0.1) is 12.8 Å². The van der Waals surface area contributed by atoms with Gasteiger partial charge in [0.2, 0.25) is 5.91 Å². The Bertz CT molecular complexity index is 1080. The van der Waals surface area contributed by atoms with Crippen molar-refractivity contribution in [3.63, 3.8) is 0 Å². The summed E-state index contributed by atoms with van der Waals surface area (Å²) in [6.07, 6.45) is 1.76. The van der Waals surface area contributed by atoms with E-state index in [9.17, 15) is 4.79 Å². The van der Waals surface area contributed by atoms with Crippen LogP contribution in [-0.2, 0) is 4.79 Å². The molecule has 2 aromatic carbocycles. The Hall–Kier alpha value is -3.61. The maximum atomic E-state index is 12.9. The molecule has 32 heavy (non-hydrogen) atoms. The van der Waals surface area contributed by atoms with Crippen molar-refractivity contribution in [2.24, 2.45) is 5.92 Å². The van der Waals surface area contributed by atoms with Crippen LogP contribution in [0.3, 0.4) is 0 Å². The van der Waals surface area contributed by atoms with Crippen LogP contribution in [0.15, 0.2) is 54.6 Å². The number of methoxy groups -OCH3 is 2. The molecule has 3 aromatic rings. The largest absolute Gasteiger partial charge is 0.493 e. The number of hydrogen-bond donors (Lipinski definition) is 1. The van der Waals surface area contributed by atoms with Gasteiger partial charge in [0.05, 0.1) is 25.8 Å². The van der Waals surface area contributed by atoms with Crippen LogP contribution in [0.4, 0.5) is 11.5 Å². The number of anilines is 2. The SMILES string of the molecule is COc1ccc(NC(=O)C2CCCN(c3ccc(-c4cccc(C)c4)nn3)C2)cc1OC. The molecule has 4 rings (SSSR count). The molecule has 1 aromatic heterocycles. The van der Waals surface area contributed by atoms with Crippen molar-refractivity contribution in [2.75, 3.05) is 37.5 Å². The first-order valence-corrected chi connectivity index (χ1v) is 10.8. The number of carbonyl (C=O) groups is 1. The number of piperidine rings is 1. The van der Waals surface area contributed by atoms with Crippen LogP contribution in [0.2, 0.25) is 0 Å². The van der Waals surface area contributed by atoms with E-state index in [0.29, 0.717) is 23.7 Å². The summed E-state index contributed by atoms with van der Waals surface area (Å²) in [5, 5.41) is 11.9. The lowest BCUT2D eigenvalue weighted by Crippen LogP contribution is -2.41. The standard InChI is InChI=1S/C25H28N4O3/c1-17-6-4-7-18(14-17)21-10-12-24(28-27-21)29-13-5-8-19(16-29)25(30)26-20-9-11-22(31-2)23(15-20)32-3/h4,6-7,9-12,14-15,19H,5,8,13,16H2,1-3H3,(H,26,30). The van der Waals surface area contributed by atoms with Crippen molar-refractivity contribution >= 4 is 17.4 Å². The third-order valence-corrected chi connectivity index (χ3v) is 5.73. The van der Waals surface area contributed by atoms with E-state index in [1.165, 1.54) is 5.56 Å². The molecule has 1 aliphatic heterocycles. The zero-order valence-corrected chi connectivity index (χ0v) is 18.7. The molecular weight excluding hydrogens is 404 g/mol. The average molecular weight is 433 g/mol. The minimum Gasteiger partial charge on any atom is -0.493 e. The molecule has 1 atom stereocenters. The molecule has 0 radical (unpaired) electrons. The van der Waals surface area contributed by atoms with Crippen LogP contribution in [0.5, 0.6) is 11.5 Å². The summed E-state index contributed by atoms with van der Waals surface area (Å²) in [6, 6.07) is 17.6. The van der Waals surface area contributed by atoms with Gasteiger partial charge in [-0.05, 0) is 50.1 Å². The quantitative estimate of drug-likeness (QED) is 0.625. The number of aromatic nitrogens is 2. The Kier molecular flexibility index (Phi) is 6.54. The molecule has 0 aliphatic carbocycles. The smallest absolute Gasteiger partial charge is 0.229 e. The minimum atomic E-state index is -0.130. The first kappa shape index (κ1) is 21.6. The van der Waals surface area contributed by atoms with Gasteiger partial charge in [-0.25, -0.2) is 0 Å². The Morgan fingerprint density at radius 1 is 1.03 bits per heavy atom. The molecule has 1 amide bonds. The highest BCUT2D eigenvalue weighted by Gasteiger charge is 2.27. The van der Waals surface area contributed by atoms with Crippen LogP contribution < -0.4 is 19.7 Å². The monoisotopic (exact) mass is 432 g/mol. The summed E-state index contributed by atoms with van der Waals surface area (Å²) < 4.78 is 10.6. The van der Waals surface area contributed by atoms with Gasteiger partial charge in [0.1, 0.15) is 0 Å². The summed E-state index contributed by atoms with van der Waals surface area (Å²) in [6.45, 7) is 3.53. The molecule has 1 fully saturated rings. The Balaban J connectivity index is 1.42. The van der Waals surface area contributed by atoms with E-state index in [0.717, 1.165) is 36.5 Å². The van der Waals surface area contributed by atoms with Gasteiger partial charge in [-0.2, -0.15) is 0 Å². The summed E-state index contributed by atoms with van der Waals surface area (Å²) in [5.41, 5.74) is 3.77. The van der Waals surface area contributed by atoms with E-state index in [1.54, 1.807) is 26.4 Å². The van der Waals surface area contributed by atoms with Gasteiger partial charge < -0.3 is 19.7 Å². The van der Waals surface area contributed by atoms with Crippen LogP contribution >= 0.6 is 0 Å². The second-order valence-corrected chi connectivity index (χ2v) is 7.99. The van der Waals surface area contributed by atoms with Crippen LogP contribution in [-0.4, -0.2) is 43.4 Å². The predicted octanol–water partition coefficient (Wildman–Crippen LogP) is 4.32. The van der Waals surface area contributed by atoms with Crippen molar-refractivity contribution in [1.82, 2.24) is 10.2 Å². The normalized spacial score (nSPS) is 15.8. The van der Waals surface area contributed by atoms with Crippen molar-refractivity contribution in [3.05, 3.63) is 60.2 Å². The predicted molar refractivity (Wildman–Crippen MR) is 125 cm³/mol. The maximum Gasteiger partial charge on any atom is 0.229 e. The van der Waals surface area contributed by atoms with Crippen molar-refractivity contribution < 1.29 is 14.3 Å². The molecule has 166 valence electrons. The number of carbonyl (C=O) groups excluding carboxylic acids is 1. The second-order valence-electron chi connectivity index (χ2n) is 7.99. The average Bonchev–Trinajstić information content (AvgIpc) is 2.84. The number of hydrogen-bond acceptors (Lipinski definition) is 6. The topological polar surface area (TPSA) is 76.6 Å². The molecule has 1 N–H and O–H groups in total. The Labute approximate surface area is 188 Å². The fourth-order valence-corrected chi connectivity index (χ4v) is 4.01. The molecule has 1 saturated heterocycles. The molecule has 7 nitrogen and oxygen atoms in total. The number of amides is 1. The van der Waals surface area contributed by atoms with Gasteiger partial charge in [0.25, 0.3) is 0 Å². The highest BCUT2D eigenvalue weighted by Crippen LogP contribution is 2.30. The van der Waals surface area contributed by atoms with Crippen LogP contribution in [0.25, 0.3) is 11.3 Å². The van der Waals surface area contributed by atoms with E-state index < -0.39 is 0 Å². The number of ether oxygens (including phenoxy) is 2. The molecular formula is C25H28N4O3. The number of rotatable bonds is 6. The molecule has 0 bridgehead atoms. The van der Waals surface area contributed by atoms with E-state index in [4.69, 9.17) is 9.47 Å². The van der Waals surface area contributed by atoms with Gasteiger partial charge in [-0.3, -0.25) is 4.79 Å². The van der Waals surface area contributed by atoms with Gasteiger partial charge in [-0.1, -0.05) is 23.8 Å². The zero-order chi connectivity index (χ0) is 22.5. The van der Waals surface area contributed by atoms with Gasteiger partial charge >= 0.3 is 0 Å². The van der Waals surface area contributed by atoms with Crippen LogP contribution in [0.1, 0.15) is 18.4 Å². The molecule has 0 saturated carbocycles. The second kappa shape index (κ2) is 9.68. The number of aryl methyl sites for hydroxylation is 1. The molecule has 0 spiro atoms. The van der Waals surface area contributed by atoms with Crippen molar-refractivity contribution in [3.8, 4) is 22.8 Å². The molecule has 2 heterocycles. The van der Waals surface area contributed by atoms with E-state index in [-0.39, 0.29) is 11.8 Å². The Morgan fingerprint density at radius 2 is 1.88 bits per heavy atom. The minimum absolute atomic E-state index is 0.00809. The lowest BCUT2D eigenvalue weighted by Gasteiger charge is -2.32. The van der Waals surface area contributed by atoms with Gasteiger partial charge in [0.15, 0.2) is 17.3 Å². The lowest BCUT2D eigenvalue weighted by atomic mass is 9.97. The maximum absolute atomic E-state index is 12.9. The fourth-order valence-electron chi connectivity index (χ4n) is 4.01. The lowest BCUT2D eigenvalue weighted by molar-refractivity contribution is -0.120. The number of benzene rings is 2. The van der Waals surface area contributed by atoms with E-state index in [2.05, 4.69) is 39.5 Å². The molecule has 1 aliphatic rings. The van der Waals surface area contributed by atoms with Crippen molar-refractivity contribution in [1.29, 1.82) is 0 Å². The summed E-state index contributed by atoms with van der Waals surface area (Å²) in [4.78, 5) is 15.1. The molecule has 1 unspecified atom stereocenters. The summed E-state index contributed by atoms with van der Waals surface area (Å²) in [7, 11) is 3.16. The number of nitrogens with one attached hydrogen (secondary N) is 1. The molecule has 7 heteroatoms. The first-order chi connectivity index (χ1) is 15.6. The van der Waals surface area contributed by atoms with Gasteiger partial charge in [0, 0.05) is 30.4 Å². The fraction of sp³-hybridized carbons (Fsp3) is 0.320. The highest BCUT2D eigenvalue weighted by atomic mass is 16.5. The van der Waals surface area contributed by atoms with E-state index in [1.807, 2.05) is 30.3 Å². The van der Waals surface area contributed by atoms with E-state index >= 15 is 0 Å². The van der Waals surface area contributed by atoms with Gasteiger partial charge in [-0.15, -0.1) is 10.2 Å².